The van der Waals surface area contributed by atoms with Crippen molar-refractivity contribution in [3.05, 3.63) is 177 Å². The third-order valence-corrected chi connectivity index (χ3v) is 13.6. The molecule has 1 amide bonds. The molecule has 23 heteroatoms. The molecule has 3 saturated heterocycles. The van der Waals surface area contributed by atoms with E-state index in [9.17, 15) is 36.6 Å². The van der Waals surface area contributed by atoms with Gasteiger partial charge in [-0.15, -0.1) is 0 Å². The number of aliphatic hydroxyl groups excluding tert-OH is 1. The number of piperazine rings is 1. The van der Waals surface area contributed by atoms with Crippen LogP contribution in [-0.2, 0) is 4.74 Å². The number of halogens is 6. The fourth-order valence-electron chi connectivity index (χ4n) is 8.42. The number of benzene rings is 5. The van der Waals surface area contributed by atoms with Gasteiger partial charge < -0.3 is 63.6 Å². The first-order chi connectivity index (χ1) is 39.9. The Kier molecular flexibility index (Phi) is 23.1. The average Bonchev–Trinajstić information content (AvgIpc) is 4.14. The quantitative estimate of drug-likeness (QED) is 0.0194. The number of rotatable bonds is 17. The number of nitrogens with one attached hydrogen (secondary N) is 1. The number of nitrogens with zero attached hydrogens (tertiary/aromatic N) is 5. The highest BCUT2D eigenvalue weighted by atomic mass is 35.5. The fraction of sp³-hybridized carbons (Fsp3) is 0.367. The maximum Gasteiger partial charge on any atom is 0.382 e. The van der Waals surface area contributed by atoms with Crippen molar-refractivity contribution >= 4 is 34.9 Å². The van der Waals surface area contributed by atoms with E-state index in [1.54, 1.807) is 12.0 Å². The third kappa shape index (κ3) is 18.6. The van der Waals surface area contributed by atoms with Crippen molar-refractivity contribution in [2.45, 2.75) is 71.2 Å². The lowest BCUT2D eigenvalue weighted by Crippen LogP contribution is -2.48. The number of aryl methyl sites for hydroxylation is 2. The van der Waals surface area contributed by atoms with Gasteiger partial charge in [-0.2, -0.15) is 8.78 Å². The van der Waals surface area contributed by atoms with Crippen molar-refractivity contribution in [2.24, 2.45) is 5.73 Å². The van der Waals surface area contributed by atoms with E-state index in [0.717, 1.165) is 23.1 Å². The van der Waals surface area contributed by atoms with Gasteiger partial charge in [0, 0.05) is 74.3 Å². The van der Waals surface area contributed by atoms with Crippen LogP contribution in [0.15, 0.2) is 118 Å². The molecule has 444 valence electrons. The number of methoxy groups -OCH3 is 1. The highest BCUT2D eigenvalue weighted by Gasteiger charge is 2.31. The SMILES string of the molecule is COc1ccc([C@@H](C)NC[C@H](O)COc2cc(C(=O)N3CCN(c4cccc(Cl)c4)CC3)on2)cc1.Cc1ccc([C@@H](C)N)cc1.Cc1cccc(N2CCCCC2)c1.O=C(Oc1c(F)c(F)c(F)c(F)c1F)c1cc(OC[C@@H]2CO2)no1. The molecule has 5 aromatic carbocycles. The van der Waals surface area contributed by atoms with Gasteiger partial charge in [-0.3, -0.25) is 4.79 Å². The molecule has 0 spiro atoms. The number of aliphatic hydroxyl groups is 1. The number of nitrogens with two attached hydrogens (primary N) is 1. The standard InChI is InChI=1S/C26H31ClN4O5.C13H6F5NO5.C12H17N.C9H13N/c1-18(19-6-8-23(34-2)9-7-19)28-16-22(32)17-35-25-15-24(36-29-25)26(33)31-12-10-30(11-13-31)21-5-3-4-20(27)14-21;14-7-8(15)10(17)12(11(18)9(7)16)23-13(20)5-1-6(19-24-5)22-3-4-2-21-4;1-11-6-5-7-12(10-11)13-8-3-2-4-9-13;1-7-3-5-9(6-4-7)8(2)10/h3-9,14-15,18,22,28,32H,10-13,16-17H2,1-2H3;1,4H,2-3H2;5-7,10H,2-4,8-9H2,1H3;3-6,8H,10H2,1-2H3/t18-,22+;4-;;8-/m10.1/s1. The van der Waals surface area contributed by atoms with E-state index in [1.807, 2.05) is 62.4 Å². The van der Waals surface area contributed by atoms with Crippen molar-refractivity contribution < 1.29 is 69.4 Å². The topological polar surface area (TPSA) is 204 Å². The zero-order chi connectivity index (χ0) is 59.6. The molecular weight excluding hydrogens is 1110 g/mol. The predicted molar refractivity (Wildman–Crippen MR) is 301 cm³/mol. The van der Waals surface area contributed by atoms with E-state index in [2.05, 4.69) is 97.1 Å². The molecule has 3 aliphatic heterocycles. The minimum absolute atomic E-state index is 0.0147. The number of esters is 1. The molecule has 0 unspecified atom stereocenters. The number of piperidine rings is 1. The second-order valence-electron chi connectivity index (χ2n) is 19.8. The second kappa shape index (κ2) is 30.5. The molecule has 10 rings (SSSR count). The number of hydrogen-bond donors (Lipinski definition) is 3. The van der Waals surface area contributed by atoms with Gasteiger partial charge in [0.2, 0.25) is 46.4 Å². The summed E-state index contributed by atoms with van der Waals surface area (Å²) in [5.41, 5.74) is 13.0. The predicted octanol–water partition coefficient (Wildman–Crippen LogP) is 10.8. The molecule has 83 heavy (non-hydrogen) atoms. The molecular formula is C60H67ClF5N7O10. The summed E-state index contributed by atoms with van der Waals surface area (Å²) < 4.78 is 100. The molecule has 0 saturated carbocycles. The van der Waals surface area contributed by atoms with Crippen LogP contribution in [0.1, 0.15) is 88.6 Å². The highest BCUT2D eigenvalue weighted by Crippen LogP contribution is 2.31. The summed E-state index contributed by atoms with van der Waals surface area (Å²) in [6, 6.07) is 35.1. The number of carbonyl (C=O) groups excluding carboxylic acids is 2. The van der Waals surface area contributed by atoms with Gasteiger partial charge in [0.1, 0.15) is 31.2 Å². The Morgan fingerprint density at radius 2 is 1.28 bits per heavy atom. The monoisotopic (exact) mass is 1180 g/mol. The van der Waals surface area contributed by atoms with Gasteiger partial charge in [0.15, 0.2) is 0 Å². The van der Waals surface area contributed by atoms with Crippen molar-refractivity contribution in [2.75, 3.05) is 82.5 Å². The van der Waals surface area contributed by atoms with E-state index < -0.39 is 52.7 Å². The molecule has 2 aromatic heterocycles. The minimum atomic E-state index is -2.37. The molecule has 0 bridgehead atoms. The molecule has 0 radical (unpaired) electrons. The lowest BCUT2D eigenvalue weighted by molar-refractivity contribution is 0.0670. The number of anilines is 2. The fourth-order valence-corrected chi connectivity index (χ4v) is 8.60. The molecule has 0 aliphatic carbocycles. The first kappa shape index (κ1) is 62.8. The largest absolute Gasteiger partial charge is 0.497 e. The van der Waals surface area contributed by atoms with Crippen LogP contribution in [0, 0.1) is 42.9 Å². The average molecular weight is 1180 g/mol. The first-order valence-corrected chi connectivity index (χ1v) is 27.3. The van der Waals surface area contributed by atoms with Crippen molar-refractivity contribution in [1.29, 1.82) is 0 Å². The maximum absolute atomic E-state index is 13.4. The Bertz CT molecular complexity index is 3160. The van der Waals surface area contributed by atoms with E-state index in [4.69, 9.17) is 40.8 Å². The summed E-state index contributed by atoms with van der Waals surface area (Å²) in [6.07, 6.45) is 3.25. The summed E-state index contributed by atoms with van der Waals surface area (Å²) in [5.74, 6) is -14.7. The molecule has 5 heterocycles. The maximum atomic E-state index is 13.4. The van der Waals surface area contributed by atoms with Crippen molar-refractivity contribution in [3.63, 3.8) is 0 Å². The van der Waals surface area contributed by atoms with Crippen LogP contribution in [-0.4, -0.2) is 117 Å². The third-order valence-electron chi connectivity index (χ3n) is 13.3. The van der Waals surface area contributed by atoms with Gasteiger partial charge in [-0.05, 0) is 116 Å². The van der Waals surface area contributed by atoms with E-state index in [-0.39, 0.29) is 54.8 Å². The normalized spacial score (nSPS) is 15.7. The van der Waals surface area contributed by atoms with E-state index in [0.29, 0.717) is 44.4 Å². The van der Waals surface area contributed by atoms with E-state index >= 15 is 0 Å². The number of hydrogen-bond acceptors (Lipinski definition) is 16. The van der Waals surface area contributed by atoms with Crippen LogP contribution in [0.25, 0.3) is 0 Å². The van der Waals surface area contributed by atoms with Crippen LogP contribution in [0.3, 0.4) is 0 Å². The zero-order valence-corrected chi connectivity index (χ0v) is 47.4. The molecule has 3 fully saturated rings. The van der Waals surface area contributed by atoms with Gasteiger partial charge in [0.05, 0.1) is 25.8 Å². The molecule has 17 nitrogen and oxygen atoms in total. The summed E-state index contributed by atoms with van der Waals surface area (Å²) in [6.45, 7) is 14.2. The number of epoxide rings is 1. The Morgan fingerprint density at radius 3 is 1.88 bits per heavy atom. The minimum Gasteiger partial charge on any atom is -0.497 e. The zero-order valence-electron chi connectivity index (χ0n) is 46.6. The van der Waals surface area contributed by atoms with Gasteiger partial charge >= 0.3 is 5.97 Å². The van der Waals surface area contributed by atoms with Gasteiger partial charge in [-0.25, -0.2) is 18.0 Å². The summed E-state index contributed by atoms with van der Waals surface area (Å²) in [4.78, 5) is 30.9. The summed E-state index contributed by atoms with van der Waals surface area (Å²) >= 11 is 6.09. The van der Waals surface area contributed by atoms with Crippen LogP contribution < -0.4 is 39.8 Å². The Balaban J connectivity index is 0.000000179. The highest BCUT2D eigenvalue weighted by molar-refractivity contribution is 6.30. The number of ether oxygens (including phenoxy) is 5. The van der Waals surface area contributed by atoms with Crippen LogP contribution in [0.5, 0.6) is 23.3 Å². The lowest BCUT2D eigenvalue weighted by atomic mass is 10.1. The number of aromatic nitrogens is 2. The number of amides is 1. The Labute approximate surface area is 482 Å². The van der Waals surface area contributed by atoms with Crippen LogP contribution in [0.2, 0.25) is 5.02 Å². The molecule has 4 N–H and O–H groups in total. The summed E-state index contributed by atoms with van der Waals surface area (Å²) in [5, 5.41) is 21.4. The molecule has 3 aliphatic rings. The summed E-state index contributed by atoms with van der Waals surface area (Å²) in [7, 11) is 1.63. The van der Waals surface area contributed by atoms with Crippen LogP contribution in [0.4, 0.5) is 33.3 Å². The molecule has 7 aromatic rings. The number of carbonyl (C=O) groups is 2. The van der Waals surface area contributed by atoms with E-state index in [1.165, 1.54) is 60.8 Å². The Hall–Kier alpha value is -7.76. The van der Waals surface area contributed by atoms with Gasteiger partial charge in [-0.1, -0.05) is 71.8 Å². The first-order valence-electron chi connectivity index (χ1n) is 26.9. The molecule has 4 atom stereocenters. The van der Waals surface area contributed by atoms with Crippen molar-refractivity contribution in [1.82, 2.24) is 20.5 Å². The Morgan fingerprint density at radius 1 is 0.711 bits per heavy atom. The lowest BCUT2D eigenvalue weighted by Gasteiger charge is -2.35. The van der Waals surface area contributed by atoms with Gasteiger partial charge in [0.25, 0.3) is 17.7 Å². The van der Waals surface area contributed by atoms with Crippen molar-refractivity contribution in [3.8, 4) is 23.3 Å². The second-order valence-corrected chi connectivity index (χ2v) is 20.3. The van der Waals surface area contributed by atoms with Crippen LogP contribution >= 0.6 is 11.6 Å². The smallest absolute Gasteiger partial charge is 0.382 e.